The Morgan fingerprint density at radius 2 is 1.62 bits per heavy atom. The van der Waals surface area contributed by atoms with E-state index >= 15 is 0 Å². The molecule has 32 heavy (non-hydrogen) atoms. The van der Waals surface area contributed by atoms with Crippen LogP contribution in [0.15, 0.2) is 54.1 Å². The number of halogens is 2. The van der Waals surface area contributed by atoms with Crippen LogP contribution in [0, 0.1) is 20.8 Å². The molecule has 2 heterocycles. The minimum absolute atomic E-state index is 0.134. The van der Waals surface area contributed by atoms with Crippen molar-refractivity contribution >= 4 is 52.8 Å². The molecule has 0 atom stereocenters. The number of anilines is 1. The zero-order valence-electron chi connectivity index (χ0n) is 17.6. The molecule has 1 N–H and O–H groups in total. The molecule has 1 saturated heterocycles. The summed E-state index contributed by atoms with van der Waals surface area (Å²) in [7, 11) is 0. The van der Waals surface area contributed by atoms with Crippen LogP contribution in [0.5, 0.6) is 0 Å². The number of imide groups is 2. The molecule has 0 spiro atoms. The molecule has 8 heteroatoms. The minimum atomic E-state index is -0.775. The van der Waals surface area contributed by atoms with Crippen molar-refractivity contribution < 1.29 is 14.4 Å². The van der Waals surface area contributed by atoms with Gasteiger partial charge in [-0.2, -0.15) is 0 Å². The Balaban J connectivity index is 1.81. The predicted molar refractivity (Wildman–Crippen MR) is 125 cm³/mol. The maximum atomic E-state index is 13.2. The number of nitrogens with one attached hydrogen (secondary N) is 1. The molecule has 162 valence electrons. The van der Waals surface area contributed by atoms with Crippen LogP contribution in [0.25, 0.3) is 11.8 Å². The summed E-state index contributed by atoms with van der Waals surface area (Å²) in [5, 5.41) is 3.30. The quantitative estimate of drug-likeness (QED) is 0.415. The van der Waals surface area contributed by atoms with E-state index in [1.165, 1.54) is 6.08 Å². The molecule has 1 aromatic heterocycles. The summed E-state index contributed by atoms with van der Waals surface area (Å²) in [5.41, 5.74) is 3.97. The Morgan fingerprint density at radius 3 is 2.34 bits per heavy atom. The minimum Gasteiger partial charge on any atom is -0.316 e. The Labute approximate surface area is 195 Å². The third-order valence-electron chi connectivity index (χ3n) is 5.38. The highest BCUT2D eigenvalue weighted by molar-refractivity contribution is 6.39. The molecule has 0 bridgehead atoms. The van der Waals surface area contributed by atoms with Crippen molar-refractivity contribution in [3.63, 3.8) is 0 Å². The topological polar surface area (TPSA) is 71.4 Å². The molecule has 3 aromatic rings. The van der Waals surface area contributed by atoms with Crippen LogP contribution < -0.4 is 10.2 Å². The monoisotopic (exact) mass is 467 g/mol. The number of aromatic nitrogens is 1. The van der Waals surface area contributed by atoms with Gasteiger partial charge in [-0.3, -0.25) is 14.9 Å². The number of rotatable bonds is 3. The van der Waals surface area contributed by atoms with E-state index in [9.17, 15) is 14.4 Å². The van der Waals surface area contributed by atoms with E-state index in [-0.39, 0.29) is 5.57 Å². The molecule has 4 rings (SSSR count). The molecular weight excluding hydrogens is 449 g/mol. The van der Waals surface area contributed by atoms with Crippen LogP contribution in [0.3, 0.4) is 0 Å². The highest BCUT2D eigenvalue weighted by Crippen LogP contribution is 2.31. The molecule has 4 amide bonds. The van der Waals surface area contributed by atoms with Crippen LogP contribution in [-0.2, 0) is 9.59 Å². The van der Waals surface area contributed by atoms with Gasteiger partial charge in [0.2, 0.25) is 0 Å². The number of amides is 4. The molecule has 1 aliphatic heterocycles. The lowest BCUT2D eigenvalue weighted by atomic mass is 10.1. The zero-order valence-corrected chi connectivity index (χ0v) is 19.1. The summed E-state index contributed by atoms with van der Waals surface area (Å²) in [6.45, 7) is 5.53. The summed E-state index contributed by atoms with van der Waals surface area (Å²) in [6.07, 6.45) is 1.49. The number of barbiturate groups is 1. The largest absolute Gasteiger partial charge is 0.335 e. The van der Waals surface area contributed by atoms with E-state index < -0.39 is 17.8 Å². The highest BCUT2D eigenvalue weighted by Gasteiger charge is 2.37. The van der Waals surface area contributed by atoms with Crippen molar-refractivity contribution in [2.45, 2.75) is 20.8 Å². The van der Waals surface area contributed by atoms with E-state index in [2.05, 4.69) is 5.32 Å². The van der Waals surface area contributed by atoms with Crippen LogP contribution in [0.4, 0.5) is 10.5 Å². The number of hydrogen-bond donors (Lipinski definition) is 1. The first-order valence-electron chi connectivity index (χ1n) is 9.80. The van der Waals surface area contributed by atoms with Gasteiger partial charge in [0.15, 0.2) is 0 Å². The number of urea groups is 1. The Hall–Kier alpha value is -3.35. The maximum Gasteiger partial charge on any atom is 0.335 e. The van der Waals surface area contributed by atoms with E-state index in [1.807, 2.05) is 30.5 Å². The summed E-state index contributed by atoms with van der Waals surface area (Å²) < 4.78 is 1.90. The molecule has 0 saturated carbocycles. The van der Waals surface area contributed by atoms with E-state index in [0.717, 1.165) is 21.9 Å². The lowest BCUT2D eigenvalue weighted by molar-refractivity contribution is -0.122. The molecule has 0 unspecified atom stereocenters. The van der Waals surface area contributed by atoms with Crippen molar-refractivity contribution in [3.8, 4) is 5.69 Å². The van der Waals surface area contributed by atoms with E-state index in [4.69, 9.17) is 23.2 Å². The van der Waals surface area contributed by atoms with Gasteiger partial charge in [-0.15, -0.1) is 0 Å². The van der Waals surface area contributed by atoms with Gasteiger partial charge in [0, 0.05) is 16.4 Å². The third-order valence-corrected chi connectivity index (χ3v) is 5.93. The third kappa shape index (κ3) is 3.72. The summed E-state index contributed by atoms with van der Waals surface area (Å²) in [5.74, 6) is -1.42. The summed E-state index contributed by atoms with van der Waals surface area (Å²) >= 11 is 12.5. The standard InChI is InChI=1S/C24H19Cl2N3O3/c1-13-6-4-5-7-20(13)29-23(31)18(22(30)27-24(29)32)11-16-10-14(2)28(15(16)3)21-12-17(25)8-9-19(21)26/h4-12H,1-3H3,(H,27,30,32)/b18-11+. The van der Waals surface area contributed by atoms with E-state index in [0.29, 0.717) is 27.0 Å². The first-order chi connectivity index (χ1) is 15.2. The fourth-order valence-corrected chi connectivity index (χ4v) is 4.18. The highest BCUT2D eigenvalue weighted by atomic mass is 35.5. The first-order valence-corrected chi connectivity index (χ1v) is 10.6. The van der Waals surface area contributed by atoms with Gasteiger partial charge >= 0.3 is 6.03 Å². The van der Waals surface area contributed by atoms with Crippen molar-refractivity contribution in [3.05, 3.63) is 86.7 Å². The van der Waals surface area contributed by atoms with Crippen LogP contribution in [0.2, 0.25) is 10.0 Å². The number of nitrogens with zero attached hydrogens (tertiary/aromatic N) is 2. The van der Waals surface area contributed by atoms with Crippen LogP contribution in [-0.4, -0.2) is 22.4 Å². The number of benzene rings is 2. The summed E-state index contributed by atoms with van der Waals surface area (Å²) in [4.78, 5) is 39.2. The Bertz CT molecular complexity index is 1320. The van der Waals surface area contributed by atoms with Gasteiger partial charge in [-0.1, -0.05) is 41.4 Å². The lowest BCUT2D eigenvalue weighted by Crippen LogP contribution is -2.54. The molecule has 6 nitrogen and oxygen atoms in total. The summed E-state index contributed by atoms with van der Waals surface area (Å²) in [6, 6.07) is 13.2. The SMILES string of the molecule is Cc1ccccc1N1C(=O)NC(=O)/C(=C\c2cc(C)n(-c3cc(Cl)ccc3Cl)c2C)C1=O. The molecular formula is C24H19Cl2N3O3. The first kappa shape index (κ1) is 21.9. The van der Waals surface area contributed by atoms with Gasteiger partial charge in [0.1, 0.15) is 5.57 Å². The average Bonchev–Trinajstić information content (AvgIpc) is 3.01. The smallest absolute Gasteiger partial charge is 0.316 e. The van der Waals surface area contributed by atoms with Gasteiger partial charge in [-0.05, 0) is 68.3 Å². The fourth-order valence-electron chi connectivity index (χ4n) is 3.81. The maximum absolute atomic E-state index is 13.2. The Kier molecular flexibility index (Phi) is 5.67. The second kappa shape index (κ2) is 8.30. The van der Waals surface area contributed by atoms with Crippen molar-refractivity contribution in [1.29, 1.82) is 0 Å². The number of hydrogen-bond acceptors (Lipinski definition) is 3. The molecule has 1 aliphatic rings. The van der Waals surface area contributed by atoms with Crippen LogP contribution in [0.1, 0.15) is 22.5 Å². The average molecular weight is 468 g/mol. The molecule has 0 aliphatic carbocycles. The number of carbonyl (C=O) groups is 3. The zero-order chi connectivity index (χ0) is 23.2. The number of para-hydroxylation sites is 1. The molecule has 1 fully saturated rings. The van der Waals surface area contributed by atoms with Crippen molar-refractivity contribution in [2.24, 2.45) is 0 Å². The lowest BCUT2D eigenvalue weighted by Gasteiger charge is -2.27. The van der Waals surface area contributed by atoms with Gasteiger partial charge < -0.3 is 4.57 Å². The van der Waals surface area contributed by atoms with Gasteiger partial charge in [0.05, 0.1) is 16.4 Å². The second-order valence-corrected chi connectivity index (χ2v) is 8.35. The Morgan fingerprint density at radius 1 is 0.906 bits per heavy atom. The number of aryl methyl sites for hydroxylation is 2. The van der Waals surface area contributed by atoms with Crippen molar-refractivity contribution in [2.75, 3.05) is 4.90 Å². The molecule has 2 aromatic carbocycles. The van der Waals surface area contributed by atoms with Gasteiger partial charge in [-0.25, -0.2) is 9.69 Å². The van der Waals surface area contributed by atoms with Crippen molar-refractivity contribution in [1.82, 2.24) is 9.88 Å². The number of carbonyl (C=O) groups excluding carboxylic acids is 3. The normalized spacial score (nSPS) is 15.5. The second-order valence-electron chi connectivity index (χ2n) is 7.50. The van der Waals surface area contributed by atoms with E-state index in [1.54, 1.807) is 43.3 Å². The predicted octanol–water partition coefficient (Wildman–Crippen LogP) is 5.38. The van der Waals surface area contributed by atoms with Gasteiger partial charge in [0.25, 0.3) is 11.8 Å². The molecule has 0 radical (unpaired) electrons. The fraction of sp³-hybridized carbons (Fsp3) is 0.125. The van der Waals surface area contributed by atoms with Crippen LogP contribution >= 0.6 is 23.2 Å².